The molecule has 0 fully saturated rings. The highest BCUT2D eigenvalue weighted by molar-refractivity contribution is 5.95. The van der Waals surface area contributed by atoms with Gasteiger partial charge in [0, 0.05) is 0 Å². The van der Waals surface area contributed by atoms with E-state index in [1.165, 1.54) is 6.07 Å². The Morgan fingerprint density at radius 1 is 1.08 bits per heavy atom. The number of carbonyl (C=O) groups excluding carboxylic acids is 2. The Morgan fingerprint density at radius 2 is 1.77 bits per heavy atom. The van der Waals surface area contributed by atoms with Gasteiger partial charge in [0.25, 0.3) is 5.91 Å². The molecule has 1 aromatic heterocycles. The number of ether oxygens (including phenoxy) is 2. The molecular weight excluding hydrogens is 332 g/mol. The first-order valence-corrected chi connectivity index (χ1v) is 8.56. The molecule has 1 amide bonds. The van der Waals surface area contributed by atoms with Crippen LogP contribution in [0.3, 0.4) is 0 Å². The van der Waals surface area contributed by atoms with Crippen LogP contribution in [0.2, 0.25) is 0 Å². The lowest BCUT2D eigenvalue weighted by Crippen LogP contribution is -2.29. The van der Waals surface area contributed by atoms with E-state index in [9.17, 15) is 9.59 Å². The second-order valence-corrected chi connectivity index (χ2v) is 5.88. The van der Waals surface area contributed by atoms with Crippen molar-refractivity contribution in [3.63, 3.8) is 0 Å². The largest absolute Gasteiger partial charge is 0.491 e. The number of carbonyl (C=O) groups is 2. The average molecular weight is 356 g/mol. The number of rotatable bonds is 7. The van der Waals surface area contributed by atoms with Crippen LogP contribution in [0.5, 0.6) is 5.75 Å². The van der Waals surface area contributed by atoms with E-state index in [1.807, 2.05) is 32.0 Å². The van der Waals surface area contributed by atoms with E-state index in [4.69, 9.17) is 9.47 Å². The van der Waals surface area contributed by atoms with Gasteiger partial charge in [0.15, 0.2) is 0 Å². The van der Waals surface area contributed by atoms with Gasteiger partial charge in [-0.15, -0.1) is 0 Å². The predicted molar refractivity (Wildman–Crippen MR) is 98.7 cm³/mol. The minimum Gasteiger partial charge on any atom is -0.491 e. The van der Waals surface area contributed by atoms with Gasteiger partial charge in [0.1, 0.15) is 18.1 Å². The molecule has 2 aromatic rings. The molecule has 0 saturated carbocycles. The lowest BCUT2D eigenvalue weighted by molar-refractivity contribution is 0.0524. The second-order valence-electron chi connectivity index (χ2n) is 5.88. The first-order chi connectivity index (χ1) is 12.4. The molecule has 1 heterocycles. The van der Waals surface area contributed by atoms with Crippen LogP contribution in [0.25, 0.3) is 0 Å². The Morgan fingerprint density at radius 3 is 2.38 bits per heavy atom. The quantitative estimate of drug-likeness (QED) is 0.609. The van der Waals surface area contributed by atoms with Gasteiger partial charge in [0.05, 0.1) is 24.4 Å². The summed E-state index contributed by atoms with van der Waals surface area (Å²) in [6, 6.07) is 9.02. The molecule has 1 N–H and O–H groups in total. The second kappa shape index (κ2) is 8.99. The van der Waals surface area contributed by atoms with E-state index in [-0.39, 0.29) is 11.6 Å². The maximum absolute atomic E-state index is 12.2. The number of para-hydroxylation sites is 1. The van der Waals surface area contributed by atoms with Gasteiger partial charge in [0.2, 0.25) is 0 Å². The van der Waals surface area contributed by atoms with Crippen molar-refractivity contribution in [1.29, 1.82) is 0 Å². The van der Waals surface area contributed by atoms with E-state index in [0.717, 1.165) is 16.9 Å². The van der Waals surface area contributed by atoms with Crippen LogP contribution in [-0.2, 0) is 4.74 Å². The molecule has 0 aliphatic rings. The fraction of sp³-hybridized carbons (Fsp3) is 0.350. The third kappa shape index (κ3) is 4.81. The van der Waals surface area contributed by atoms with Crippen molar-refractivity contribution < 1.29 is 19.1 Å². The number of esters is 1. The van der Waals surface area contributed by atoms with Gasteiger partial charge in [-0.25, -0.2) is 9.78 Å². The molecule has 1 aromatic carbocycles. The zero-order valence-electron chi connectivity index (χ0n) is 15.6. The molecule has 0 atom stereocenters. The number of benzene rings is 1. The number of aryl methyl sites for hydroxylation is 3. The molecule has 0 saturated heterocycles. The number of amides is 1. The first kappa shape index (κ1) is 19.4. The minimum atomic E-state index is -0.438. The molecule has 6 nitrogen and oxygen atoms in total. The van der Waals surface area contributed by atoms with Crippen molar-refractivity contribution in [2.75, 3.05) is 19.8 Å². The zero-order chi connectivity index (χ0) is 19.1. The highest BCUT2D eigenvalue weighted by Crippen LogP contribution is 2.21. The number of aromatic nitrogens is 1. The number of nitrogens with one attached hydrogen (secondary N) is 1. The van der Waals surface area contributed by atoms with Crippen LogP contribution < -0.4 is 10.1 Å². The molecule has 2 rings (SSSR count). The smallest absolute Gasteiger partial charge is 0.339 e. The molecule has 6 heteroatoms. The van der Waals surface area contributed by atoms with Crippen molar-refractivity contribution in [3.05, 3.63) is 58.4 Å². The summed E-state index contributed by atoms with van der Waals surface area (Å²) in [7, 11) is 0. The topological polar surface area (TPSA) is 77.5 Å². The Balaban J connectivity index is 1.90. The standard InChI is InChI=1S/C20H24N2O4/c1-5-25-20(24)16-9-10-17(22-15(16)4)19(23)21-11-12-26-18-13(2)7-6-8-14(18)3/h6-10H,5,11-12H2,1-4H3,(H,21,23). The van der Waals surface area contributed by atoms with Gasteiger partial charge in [-0.05, 0) is 51.0 Å². The third-order valence-electron chi connectivity index (χ3n) is 3.86. The average Bonchev–Trinajstić information content (AvgIpc) is 2.60. The van der Waals surface area contributed by atoms with Crippen LogP contribution >= 0.6 is 0 Å². The maximum Gasteiger partial charge on any atom is 0.339 e. The fourth-order valence-corrected chi connectivity index (χ4v) is 2.55. The number of pyridine rings is 1. The lowest BCUT2D eigenvalue weighted by atomic mass is 10.1. The summed E-state index contributed by atoms with van der Waals surface area (Å²) in [6.07, 6.45) is 0. The molecule has 0 unspecified atom stereocenters. The molecule has 26 heavy (non-hydrogen) atoms. The van der Waals surface area contributed by atoms with Crippen molar-refractivity contribution >= 4 is 11.9 Å². The number of nitrogens with zero attached hydrogens (tertiary/aromatic N) is 1. The van der Waals surface area contributed by atoms with E-state index < -0.39 is 5.97 Å². The van der Waals surface area contributed by atoms with Gasteiger partial charge in [-0.2, -0.15) is 0 Å². The van der Waals surface area contributed by atoms with Crippen LogP contribution in [0.15, 0.2) is 30.3 Å². The molecular formula is C20H24N2O4. The number of hydrogen-bond acceptors (Lipinski definition) is 5. The molecule has 0 spiro atoms. The Hall–Kier alpha value is -2.89. The highest BCUT2D eigenvalue weighted by Gasteiger charge is 2.14. The Bertz CT molecular complexity index is 782. The van der Waals surface area contributed by atoms with Crippen molar-refractivity contribution in [3.8, 4) is 5.75 Å². The molecule has 0 bridgehead atoms. The van der Waals surface area contributed by atoms with E-state index in [0.29, 0.717) is 31.0 Å². The molecule has 0 aliphatic heterocycles. The molecule has 0 radical (unpaired) electrons. The molecule has 0 aliphatic carbocycles. The van der Waals surface area contributed by atoms with E-state index in [2.05, 4.69) is 10.3 Å². The van der Waals surface area contributed by atoms with Crippen molar-refractivity contribution in [2.45, 2.75) is 27.7 Å². The summed E-state index contributed by atoms with van der Waals surface area (Å²) in [5.41, 5.74) is 3.19. The van der Waals surface area contributed by atoms with Gasteiger partial charge in [-0.1, -0.05) is 18.2 Å². The van der Waals surface area contributed by atoms with Crippen LogP contribution in [0.4, 0.5) is 0 Å². The van der Waals surface area contributed by atoms with Gasteiger partial charge < -0.3 is 14.8 Å². The minimum absolute atomic E-state index is 0.252. The summed E-state index contributed by atoms with van der Waals surface area (Å²) < 4.78 is 10.7. The maximum atomic E-state index is 12.2. The van der Waals surface area contributed by atoms with Crippen molar-refractivity contribution in [2.24, 2.45) is 0 Å². The van der Waals surface area contributed by atoms with E-state index >= 15 is 0 Å². The Kier molecular flexibility index (Phi) is 6.72. The predicted octanol–water partition coefficient (Wildman–Crippen LogP) is 2.99. The van der Waals surface area contributed by atoms with Crippen LogP contribution in [0, 0.1) is 20.8 Å². The summed E-state index contributed by atoms with van der Waals surface area (Å²) in [6.45, 7) is 8.39. The first-order valence-electron chi connectivity index (χ1n) is 8.56. The van der Waals surface area contributed by atoms with Gasteiger partial charge >= 0.3 is 5.97 Å². The monoisotopic (exact) mass is 356 g/mol. The summed E-state index contributed by atoms with van der Waals surface area (Å²) in [5, 5.41) is 2.77. The third-order valence-corrected chi connectivity index (χ3v) is 3.86. The SMILES string of the molecule is CCOC(=O)c1ccc(C(=O)NCCOc2c(C)cccc2C)nc1C. The Labute approximate surface area is 153 Å². The number of hydrogen-bond donors (Lipinski definition) is 1. The summed E-state index contributed by atoms with van der Waals surface area (Å²) in [4.78, 5) is 28.2. The van der Waals surface area contributed by atoms with Crippen molar-refractivity contribution in [1.82, 2.24) is 10.3 Å². The normalized spacial score (nSPS) is 10.3. The van der Waals surface area contributed by atoms with E-state index in [1.54, 1.807) is 19.9 Å². The van der Waals surface area contributed by atoms with Crippen LogP contribution in [0.1, 0.15) is 44.6 Å². The fourth-order valence-electron chi connectivity index (χ4n) is 2.55. The lowest BCUT2D eigenvalue weighted by Gasteiger charge is -2.12. The molecule has 138 valence electrons. The highest BCUT2D eigenvalue weighted by atomic mass is 16.5. The zero-order valence-corrected chi connectivity index (χ0v) is 15.6. The van der Waals surface area contributed by atoms with Crippen LogP contribution in [-0.4, -0.2) is 36.6 Å². The summed E-state index contributed by atoms with van der Waals surface area (Å²) >= 11 is 0. The van der Waals surface area contributed by atoms with Gasteiger partial charge in [-0.3, -0.25) is 4.79 Å². The summed E-state index contributed by atoms with van der Waals surface area (Å²) in [5.74, 6) is 0.0922.